The first-order chi connectivity index (χ1) is 2.94. The minimum Gasteiger partial charge on any atom is -0.491 e. The van der Waals surface area contributed by atoms with Gasteiger partial charge in [-0.25, -0.2) is 0 Å². The zero-order valence-corrected chi connectivity index (χ0v) is 3.16. The zero-order chi connectivity index (χ0) is 6.08. The molecule has 0 heterocycles. The summed E-state index contributed by atoms with van der Waals surface area (Å²) in [6.07, 6.45) is -4.75. The van der Waals surface area contributed by atoms with E-state index in [9.17, 15) is 13.2 Å². The maximum absolute atomic E-state index is 10.8. The van der Waals surface area contributed by atoms with Gasteiger partial charge < -0.3 is 11.1 Å². The van der Waals surface area contributed by atoms with E-state index in [-0.39, 0.29) is 0 Å². The van der Waals surface area contributed by atoms with Crippen molar-refractivity contribution in [3.63, 3.8) is 0 Å². The van der Waals surface area contributed by atoms with Crippen molar-refractivity contribution in [1.82, 2.24) is 0 Å². The van der Waals surface area contributed by atoms with Crippen LogP contribution in [0.15, 0.2) is 0 Å². The molecule has 0 amide bonds. The molecular weight excluding hydrogens is 109 g/mol. The summed E-state index contributed by atoms with van der Waals surface area (Å²) in [5.41, 5.74) is 3.92. The molecule has 0 aromatic carbocycles. The van der Waals surface area contributed by atoms with Gasteiger partial charge in [0.05, 0.1) is 0 Å². The fourth-order valence-electron chi connectivity index (χ4n) is 0. The Morgan fingerprint density at radius 3 is 1.57 bits per heavy atom. The van der Waals surface area contributed by atoms with Gasteiger partial charge in [-0.1, -0.05) is 0 Å². The summed E-state index contributed by atoms with van der Waals surface area (Å²) in [6.45, 7) is 0. The lowest BCUT2D eigenvalue weighted by atomic mass is 10.6. The van der Waals surface area contributed by atoms with Gasteiger partial charge in [-0.05, 0) is 0 Å². The molecule has 42 valence electrons. The molecule has 0 rings (SSSR count). The summed E-state index contributed by atoms with van der Waals surface area (Å²) < 4.78 is 32.3. The molecule has 0 aliphatic heterocycles. The Morgan fingerprint density at radius 2 is 1.57 bits per heavy atom. The Bertz CT molecular complexity index is 83.4. The lowest BCUT2D eigenvalue weighted by Gasteiger charge is -2.06. The van der Waals surface area contributed by atoms with Gasteiger partial charge in [0.2, 0.25) is 0 Å². The van der Waals surface area contributed by atoms with Gasteiger partial charge in [0, 0.05) is 5.84 Å². The molecule has 0 aromatic heterocycles. The van der Waals surface area contributed by atoms with Crippen LogP contribution in [0.2, 0.25) is 0 Å². The Morgan fingerprint density at radius 1 is 1.43 bits per heavy atom. The molecule has 0 saturated heterocycles. The number of amidine groups is 1. The second kappa shape index (κ2) is 1.40. The molecule has 0 aliphatic carbocycles. The topological polar surface area (TPSA) is 48.3 Å². The van der Waals surface area contributed by atoms with Crippen LogP contribution >= 0.6 is 0 Å². The van der Waals surface area contributed by atoms with Gasteiger partial charge in [0.15, 0.2) is 0 Å². The molecule has 0 radical (unpaired) electrons. The molecular formula is C2H2F3N2-. The second-order valence-corrected chi connectivity index (χ2v) is 0.883. The number of alkyl halides is 3. The third kappa shape index (κ3) is 2.02. The molecule has 0 saturated carbocycles. The van der Waals surface area contributed by atoms with Gasteiger partial charge >= 0.3 is 6.18 Å². The summed E-state index contributed by atoms with van der Waals surface area (Å²) in [4.78, 5) is 0. The van der Waals surface area contributed by atoms with Gasteiger partial charge in [-0.15, -0.1) is 0 Å². The van der Waals surface area contributed by atoms with Gasteiger partial charge in [-0.2, -0.15) is 13.2 Å². The van der Waals surface area contributed by atoms with Crippen LogP contribution in [0.1, 0.15) is 0 Å². The predicted octanol–water partition coefficient (Wildman–Crippen LogP) is 0.475. The standard InChI is InChI=1S/C2H2F3N2/c3-2(4,5)1(6)7/h(H2-,6,7)/q-1. The lowest BCUT2D eigenvalue weighted by molar-refractivity contribution is -0.0585. The van der Waals surface area contributed by atoms with E-state index in [4.69, 9.17) is 5.41 Å². The van der Waals surface area contributed by atoms with Crippen LogP contribution in [0.25, 0.3) is 5.41 Å². The molecule has 7 heavy (non-hydrogen) atoms. The molecule has 2 N–H and O–H groups in total. The molecule has 0 fully saturated rings. The summed E-state index contributed by atoms with van der Waals surface area (Å²) in [5, 5.41) is 7.46. The number of hydrogen-bond donors (Lipinski definition) is 1. The van der Waals surface area contributed by atoms with Crippen LogP contribution in [-0.2, 0) is 0 Å². The highest BCUT2D eigenvalue weighted by Crippen LogP contribution is 2.12. The van der Waals surface area contributed by atoms with Gasteiger partial charge in [-0.3, -0.25) is 0 Å². The number of nitrogens with zero attached hydrogens (tertiary/aromatic N) is 1. The Hall–Kier alpha value is -0.740. The number of nitrogens with two attached hydrogens (primary N) is 1. The van der Waals surface area contributed by atoms with Crippen molar-refractivity contribution in [1.29, 1.82) is 0 Å². The summed E-state index contributed by atoms with van der Waals surface area (Å²) in [6, 6.07) is 0. The van der Waals surface area contributed by atoms with Crippen LogP contribution in [0.5, 0.6) is 0 Å². The first kappa shape index (κ1) is 6.26. The summed E-state index contributed by atoms with van der Waals surface area (Å²) >= 11 is 0. The largest absolute Gasteiger partial charge is 0.491 e. The average molecular weight is 111 g/mol. The van der Waals surface area contributed by atoms with Crippen LogP contribution in [0.4, 0.5) is 13.2 Å². The predicted molar refractivity (Wildman–Crippen MR) is 18.6 cm³/mol. The van der Waals surface area contributed by atoms with E-state index in [0.717, 1.165) is 0 Å². The molecule has 2 nitrogen and oxygen atoms in total. The molecule has 0 atom stereocenters. The number of hydrogen-bond acceptors (Lipinski definition) is 0. The first-order valence-electron chi connectivity index (χ1n) is 1.33. The molecule has 0 aromatic rings. The van der Waals surface area contributed by atoms with Crippen molar-refractivity contribution < 1.29 is 13.2 Å². The quantitative estimate of drug-likeness (QED) is 0.358. The Labute approximate surface area is 37.6 Å². The smallest absolute Gasteiger partial charge is 0.408 e. The fraction of sp³-hybridized carbons (Fsp3) is 0.500. The highest BCUT2D eigenvalue weighted by atomic mass is 19.4. The van der Waals surface area contributed by atoms with E-state index < -0.39 is 12.0 Å². The Balaban J connectivity index is 3.79. The highest BCUT2D eigenvalue weighted by Gasteiger charge is 2.25. The maximum atomic E-state index is 10.8. The van der Waals surface area contributed by atoms with E-state index in [1.54, 1.807) is 0 Å². The average Bonchev–Trinajstić information content (AvgIpc) is 1.31. The van der Waals surface area contributed by atoms with Crippen LogP contribution < -0.4 is 5.73 Å². The van der Waals surface area contributed by atoms with E-state index in [1.807, 2.05) is 0 Å². The van der Waals surface area contributed by atoms with Crippen LogP contribution in [0, 0.1) is 0 Å². The van der Waals surface area contributed by atoms with Gasteiger partial charge in [0.25, 0.3) is 0 Å². The first-order valence-corrected chi connectivity index (χ1v) is 1.33. The van der Waals surface area contributed by atoms with Crippen molar-refractivity contribution >= 4 is 5.84 Å². The minimum atomic E-state index is -4.75. The highest BCUT2D eigenvalue weighted by molar-refractivity contribution is 5.88. The third-order valence-corrected chi connectivity index (χ3v) is 0.290. The van der Waals surface area contributed by atoms with Crippen molar-refractivity contribution in [2.24, 2.45) is 5.73 Å². The molecule has 5 heteroatoms. The zero-order valence-electron chi connectivity index (χ0n) is 3.16. The Kier molecular flexibility index (Phi) is 1.25. The van der Waals surface area contributed by atoms with Crippen LogP contribution in [-0.4, -0.2) is 12.0 Å². The van der Waals surface area contributed by atoms with E-state index in [2.05, 4.69) is 5.73 Å². The summed E-state index contributed by atoms with van der Waals surface area (Å²) in [5.74, 6) is -2.01. The van der Waals surface area contributed by atoms with Crippen molar-refractivity contribution in [2.45, 2.75) is 6.18 Å². The second-order valence-electron chi connectivity index (χ2n) is 0.883. The van der Waals surface area contributed by atoms with Crippen LogP contribution in [0.3, 0.4) is 0 Å². The van der Waals surface area contributed by atoms with E-state index in [0.29, 0.717) is 0 Å². The van der Waals surface area contributed by atoms with E-state index in [1.165, 1.54) is 0 Å². The molecule has 0 unspecified atom stereocenters. The monoisotopic (exact) mass is 111 g/mol. The molecule has 0 spiro atoms. The van der Waals surface area contributed by atoms with Crippen molar-refractivity contribution in [3.8, 4) is 0 Å². The third-order valence-electron chi connectivity index (χ3n) is 0.290. The number of rotatable bonds is 0. The summed E-state index contributed by atoms with van der Waals surface area (Å²) in [7, 11) is 0. The maximum Gasteiger partial charge on any atom is 0.408 e. The van der Waals surface area contributed by atoms with E-state index >= 15 is 0 Å². The SMILES string of the molecule is [N-]=C(N)C(F)(F)F. The van der Waals surface area contributed by atoms with Gasteiger partial charge in [0.1, 0.15) is 0 Å². The lowest BCUT2D eigenvalue weighted by Crippen LogP contribution is -2.29. The minimum absolute atomic E-state index is 2.01. The van der Waals surface area contributed by atoms with Crippen molar-refractivity contribution in [3.05, 3.63) is 5.41 Å². The van der Waals surface area contributed by atoms with Crippen molar-refractivity contribution in [2.75, 3.05) is 0 Å². The fourth-order valence-corrected chi connectivity index (χ4v) is 0. The normalized spacial score (nSPS) is 11.3. The molecule has 0 bridgehead atoms. The molecule has 0 aliphatic rings. The number of halogens is 3.